The third-order valence-corrected chi connectivity index (χ3v) is 3.62. The molecular weight excluding hydrogens is 426 g/mol. The van der Waals surface area contributed by atoms with Crippen molar-refractivity contribution in [2.24, 2.45) is 0 Å². The van der Waals surface area contributed by atoms with Crippen LogP contribution in [0.25, 0.3) is 0 Å². The lowest BCUT2D eigenvalue weighted by Gasteiger charge is -2.12. The number of carbonyl (C=O) groups is 3. The molecule has 142 valence electrons. The number of carbonyl (C=O) groups excluding carboxylic acids is 3. The molecule has 0 saturated heterocycles. The molecule has 1 aromatic carbocycles. The monoisotopic (exact) mass is 445 g/mol. The van der Waals surface area contributed by atoms with E-state index >= 15 is 0 Å². The fraction of sp³-hybridized carbons (Fsp3) is 0.375. The van der Waals surface area contributed by atoms with Gasteiger partial charge >= 0.3 is 5.97 Å². The van der Waals surface area contributed by atoms with Gasteiger partial charge < -0.3 is 14.8 Å². The van der Waals surface area contributed by atoms with Gasteiger partial charge in [0.1, 0.15) is 5.75 Å². The van der Waals surface area contributed by atoms with E-state index in [1.165, 1.54) is 0 Å². The molecule has 0 spiro atoms. The van der Waals surface area contributed by atoms with Gasteiger partial charge in [-0.05, 0) is 49.8 Å². The number of ether oxygens (including phenoxy) is 2. The number of rotatable bonds is 7. The molecule has 0 saturated carbocycles. The van der Waals surface area contributed by atoms with Crippen LogP contribution in [0.5, 0.6) is 5.75 Å². The smallest absolute Gasteiger partial charge is 0.306 e. The Kier molecular flexibility index (Phi) is 9.60. The first kappa shape index (κ1) is 21.8. The molecule has 0 heterocycles. The van der Waals surface area contributed by atoms with E-state index in [1.54, 1.807) is 19.1 Å². The predicted octanol–water partition coefficient (Wildman–Crippen LogP) is 1.50. The third kappa shape index (κ3) is 8.77. The van der Waals surface area contributed by atoms with Crippen molar-refractivity contribution in [1.29, 1.82) is 0 Å². The van der Waals surface area contributed by atoms with Crippen LogP contribution >= 0.6 is 28.1 Å². The largest absolute Gasteiger partial charge is 0.483 e. The van der Waals surface area contributed by atoms with Crippen molar-refractivity contribution in [3.8, 4) is 5.75 Å². The Balaban J connectivity index is 2.26. The summed E-state index contributed by atoms with van der Waals surface area (Å²) in [4.78, 5) is 34.5. The minimum Gasteiger partial charge on any atom is -0.483 e. The number of aryl methyl sites for hydroxylation is 1. The second kappa shape index (κ2) is 11.4. The number of hydrazine groups is 1. The maximum absolute atomic E-state index is 11.7. The van der Waals surface area contributed by atoms with Gasteiger partial charge in [-0.15, -0.1) is 0 Å². The molecular formula is C16H20BrN3O5S. The molecule has 0 fully saturated rings. The molecule has 0 aliphatic rings. The molecule has 0 bridgehead atoms. The minimum atomic E-state index is -0.476. The van der Waals surface area contributed by atoms with E-state index in [9.17, 15) is 14.4 Å². The zero-order valence-electron chi connectivity index (χ0n) is 14.4. The van der Waals surface area contributed by atoms with E-state index in [-0.39, 0.29) is 31.2 Å². The Morgan fingerprint density at radius 2 is 1.88 bits per heavy atom. The number of nitrogens with one attached hydrogen (secondary N) is 3. The molecule has 26 heavy (non-hydrogen) atoms. The standard InChI is InChI=1S/C16H20BrN3O5S/c1-3-24-15(23)7-6-13(21)18-16(26)20-19-14(22)9-25-12-5-4-11(17)8-10(12)2/h4-5,8H,3,6-7,9H2,1-2H3,(H,19,22)(H2,18,20,21,26). The molecule has 10 heteroatoms. The first-order chi connectivity index (χ1) is 12.3. The molecule has 0 aromatic heterocycles. The maximum atomic E-state index is 11.7. The number of esters is 1. The molecule has 8 nitrogen and oxygen atoms in total. The highest BCUT2D eigenvalue weighted by atomic mass is 79.9. The van der Waals surface area contributed by atoms with Gasteiger partial charge in [-0.3, -0.25) is 25.2 Å². The summed E-state index contributed by atoms with van der Waals surface area (Å²) in [5, 5.41) is 2.24. The van der Waals surface area contributed by atoms with Crippen LogP contribution in [-0.2, 0) is 19.1 Å². The lowest BCUT2D eigenvalue weighted by atomic mass is 10.2. The van der Waals surface area contributed by atoms with Gasteiger partial charge in [0.2, 0.25) is 5.91 Å². The van der Waals surface area contributed by atoms with Crippen LogP contribution < -0.4 is 20.9 Å². The first-order valence-electron chi connectivity index (χ1n) is 7.75. The van der Waals surface area contributed by atoms with Crippen molar-refractivity contribution in [3.63, 3.8) is 0 Å². The zero-order valence-corrected chi connectivity index (χ0v) is 16.8. The van der Waals surface area contributed by atoms with Crippen LogP contribution in [0, 0.1) is 6.92 Å². The molecule has 0 atom stereocenters. The number of hydrogen-bond acceptors (Lipinski definition) is 6. The number of benzene rings is 1. The van der Waals surface area contributed by atoms with Crippen LogP contribution in [-0.4, -0.2) is 36.1 Å². The Hall–Kier alpha value is -2.20. The Morgan fingerprint density at radius 3 is 2.54 bits per heavy atom. The summed E-state index contributed by atoms with van der Waals surface area (Å²) in [5.41, 5.74) is 5.56. The van der Waals surface area contributed by atoms with E-state index in [2.05, 4.69) is 32.1 Å². The summed E-state index contributed by atoms with van der Waals surface area (Å²) in [6.45, 7) is 3.57. The van der Waals surface area contributed by atoms with Gasteiger partial charge in [-0.2, -0.15) is 0 Å². The second-order valence-corrected chi connectivity index (χ2v) is 6.38. The minimum absolute atomic E-state index is 0.0466. The highest BCUT2D eigenvalue weighted by Gasteiger charge is 2.10. The van der Waals surface area contributed by atoms with Crippen LogP contribution in [0.2, 0.25) is 0 Å². The number of hydrogen-bond donors (Lipinski definition) is 3. The summed E-state index contributed by atoms with van der Waals surface area (Å²) in [6.07, 6.45) is -0.115. The van der Waals surface area contributed by atoms with Crippen molar-refractivity contribution in [1.82, 2.24) is 16.2 Å². The van der Waals surface area contributed by atoms with E-state index < -0.39 is 17.8 Å². The highest BCUT2D eigenvalue weighted by molar-refractivity contribution is 9.10. The van der Waals surface area contributed by atoms with Gasteiger partial charge in [-0.25, -0.2) is 0 Å². The summed E-state index contributed by atoms with van der Waals surface area (Å²) < 4.78 is 11.0. The third-order valence-electron chi connectivity index (χ3n) is 2.93. The van der Waals surface area contributed by atoms with E-state index in [1.807, 2.05) is 13.0 Å². The molecule has 0 unspecified atom stereocenters. The van der Waals surface area contributed by atoms with Gasteiger partial charge in [0.05, 0.1) is 13.0 Å². The quantitative estimate of drug-likeness (QED) is 0.331. The molecule has 3 N–H and O–H groups in total. The van der Waals surface area contributed by atoms with Crippen molar-refractivity contribution >= 4 is 51.0 Å². The molecule has 0 aliphatic heterocycles. The predicted molar refractivity (Wildman–Crippen MR) is 102 cm³/mol. The average molecular weight is 446 g/mol. The normalized spacial score (nSPS) is 9.81. The SMILES string of the molecule is CCOC(=O)CCC(=O)NC(=S)NNC(=O)COc1ccc(Br)cc1C. The molecule has 1 rings (SSSR count). The lowest BCUT2D eigenvalue weighted by molar-refractivity contribution is -0.144. The second-order valence-electron chi connectivity index (χ2n) is 5.05. The summed E-state index contributed by atoms with van der Waals surface area (Å²) in [6, 6.07) is 5.42. The number of thiocarbonyl (C=S) groups is 1. The molecule has 1 aromatic rings. The highest BCUT2D eigenvalue weighted by Crippen LogP contribution is 2.21. The molecule has 0 aliphatic carbocycles. The van der Waals surface area contributed by atoms with Crippen molar-refractivity contribution in [3.05, 3.63) is 28.2 Å². The zero-order chi connectivity index (χ0) is 19.5. The van der Waals surface area contributed by atoms with Crippen molar-refractivity contribution in [2.75, 3.05) is 13.2 Å². The molecule has 0 radical (unpaired) electrons. The van der Waals surface area contributed by atoms with Gasteiger partial charge in [0.15, 0.2) is 11.7 Å². The summed E-state index contributed by atoms with van der Waals surface area (Å²) in [7, 11) is 0. The van der Waals surface area contributed by atoms with Gasteiger partial charge in [0.25, 0.3) is 5.91 Å². The Morgan fingerprint density at radius 1 is 1.15 bits per heavy atom. The summed E-state index contributed by atoms with van der Waals surface area (Å²) >= 11 is 8.22. The fourth-order valence-electron chi connectivity index (χ4n) is 1.75. The maximum Gasteiger partial charge on any atom is 0.306 e. The van der Waals surface area contributed by atoms with E-state index in [0.717, 1.165) is 10.0 Å². The van der Waals surface area contributed by atoms with Crippen molar-refractivity contribution < 1.29 is 23.9 Å². The first-order valence-corrected chi connectivity index (χ1v) is 8.95. The van der Waals surface area contributed by atoms with E-state index in [4.69, 9.17) is 21.7 Å². The van der Waals surface area contributed by atoms with Gasteiger partial charge in [-0.1, -0.05) is 15.9 Å². The van der Waals surface area contributed by atoms with Crippen LogP contribution in [0.4, 0.5) is 0 Å². The molecule has 2 amide bonds. The van der Waals surface area contributed by atoms with Crippen LogP contribution in [0.3, 0.4) is 0 Å². The van der Waals surface area contributed by atoms with Gasteiger partial charge in [0, 0.05) is 10.9 Å². The summed E-state index contributed by atoms with van der Waals surface area (Å²) in [5.74, 6) is -0.824. The number of halogens is 1. The Bertz CT molecular complexity index is 684. The fourth-order valence-corrected chi connectivity index (χ4v) is 2.39. The Labute approximate surface area is 165 Å². The van der Waals surface area contributed by atoms with Crippen molar-refractivity contribution in [2.45, 2.75) is 26.7 Å². The van der Waals surface area contributed by atoms with Crippen LogP contribution in [0.15, 0.2) is 22.7 Å². The topological polar surface area (TPSA) is 106 Å². The van der Waals surface area contributed by atoms with Crippen LogP contribution in [0.1, 0.15) is 25.3 Å². The van der Waals surface area contributed by atoms with E-state index in [0.29, 0.717) is 5.75 Å². The number of amides is 2. The lowest BCUT2D eigenvalue weighted by Crippen LogP contribution is -2.49. The average Bonchev–Trinajstić information content (AvgIpc) is 2.57.